The van der Waals surface area contributed by atoms with Crippen LogP contribution in [-0.4, -0.2) is 25.3 Å². The Hall–Kier alpha value is -4.12. The number of imidazole rings is 1. The summed E-state index contributed by atoms with van der Waals surface area (Å²) in [5, 5.41) is 0.858. The van der Waals surface area contributed by atoms with Gasteiger partial charge in [0, 0.05) is 23.1 Å². The van der Waals surface area contributed by atoms with E-state index in [2.05, 4.69) is 15.0 Å². The number of aryl methyl sites for hydroxylation is 1. The summed E-state index contributed by atoms with van der Waals surface area (Å²) >= 11 is 0. The quantitative estimate of drug-likeness (QED) is 0.231. The van der Waals surface area contributed by atoms with Crippen molar-refractivity contribution in [1.82, 2.24) is 19.5 Å². The van der Waals surface area contributed by atoms with Crippen molar-refractivity contribution in [3.63, 3.8) is 0 Å². The maximum absolute atomic E-state index is 13.4. The van der Waals surface area contributed by atoms with E-state index in [1.165, 1.54) is 0 Å². The number of ketones is 1. The molecule has 0 aliphatic carbocycles. The average molecular weight is 495 g/mol. The topological polar surface area (TPSA) is 60.7 Å². The largest absolute Gasteiger partial charge is 0.323 e. The number of fused-ring (bicyclic) bond motifs is 1. The zero-order chi connectivity index (χ0) is 27.2. The van der Waals surface area contributed by atoms with Gasteiger partial charge in [0.05, 0.1) is 23.7 Å². The molecule has 0 bridgehead atoms. The summed E-state index contributed by atoms with van der Waals surface area (Å²) in [7, 11) is 0. The van der Waals surface area contributed by atoms with Crippen molar-refractivity contribution in [3.8, 4) is 11.3 Å². The number of rotatable bonds is 5. The number of hydrogen-bond acceptors (Lipinski definition) is 4. The van der Waals surface area contributed by atoms with Crippen LogP contribution >= 0.6 is 0 Å². The van der Waals surface area contributed by atoms with Gasteiger partial charge < -0.3 is 4.57 Å². The molecule has 0 fully saturated rings. The molecule has 0 amide bonds. The molecule has 0 atom stereocenters. The van der Waals surface area contributed by atoms with E-state index < -0.39 is 0 Å². The van der Waals surface area contributed by atoms with Crippen molar-refractivity contribution in [1.29, 1.82) is 0 Å². The fraction of sp³-hybridized carbons (Fsp3) is 0.250. The molecule has 0 saturated heterocycles. The lowest BCUT2D eigenvalue weighted by molar-refractivity contribution is 0.103. The molecule has 5 nitrogen and oxygen atoms in total. The third-order valence-corrected chi connectivity index (χ3v) is 5.26. The summed E-state index contributed by atoms with van der Waals surface area (Å²) in [4.78, 5) is 26.8. The lowest BCUT2D eigenvalue weighted by Crippen LogP contribution is -2.10. The summed E-state index contributed by atoms with van der Waals surface area (Å²) in [5.74, 6) is 0.626. The van der Waals surface area contributed by atoms with Crippen molar-refractivity contribution >= 4 is 16.7 Å². The van der Waals surface area contributed by atoms with Gasteiger partial charge in [-0.3, -0.25) is 4.79 Å². The van der Waals surface area contributed by atoms with Gasteiger partial charge in [0.15, 0.2) is 0 Å². The number of carbonyl (C=O) groups is 1. The van der Waals surface area contributed by atoms with Crippen molar-refractivity contribution in [2.75, 3.05) is 0 Å². The molecular weight excluding hydrogens is 456 g/mol. The molecule has 0 unspecified atom stereocenters. The first-order valence-electron chi connectivity index (χ1n) is 13.1. The van der Waals surface area contributed by atoms with Gasteiger partial charge in [-0.2, -0.15) is 0 Å². The minimum atomic E-state index is -0.0742. The van der Waals surface area contributed by atoms with Gasteiger partial charge in [-0.25, -0.2) is 15.0 Å². The van der Waals surface area contributed by atoms with Crippen LogP contribution in [-0.2, 0) is 6.54 Å². The monoisotopic (exact) mass is 494 g/mol. The Bertz CT molecular complexity index is 1380. The zero-order valence-corrected chi connectivity index (χ0v) is 23.1. The highest BCUT2D eigenvalue weighted by Gasteiger charge is 2.17. The Labute approximate surface area is 221 Å². The molecule has 0 aliphatic heterocycles. The summed E-state index contributed by atoms with van der Waals surface area (Å²) in [6, 6.07) is 25.6. The van der Waals surface area contributed by atoms with E-state index in [1.54, 1.807) is 12.5 Å². The molecule has 5 heteroatoms. The van der Waals surface area contributed by atoms with Gasteiger partial charge in [-0.15, -0.1) is 0 Å². The third-order valence-electron chi connectivity index (χ3n) is 5.26. The van der Waals surface area contributed by atoms with Crippen molar-refractivity contribution < 1.29 is 4.79 Å². The van der Waals surface area contributed by atoms with E-state index >= 15 is 0 Å². The highest BCUT2D eigenvalue weighted by molar-refractivity contribution is 6.10. The SMILES string of the molecule is CC.CC.CC.Cc1nc(-c2ccccc2)c2cc(C(=O)c3cncn3Cc3ccccc3)ccc2n1. The van der Waals surface area contributed by atoms with Crippen LogP contribution in [0.4, 0.5) is 0 Å². The fourth-order valence-corrected chi connectivity index (χ4v) is 3.77. The van der Waals surface area contributed by atoms with Crippen LogP contribution < -0.4 is 0 Å². The minimum absolute atomic E-state index is 0.0742. The molecule has 5 aromatic rings. The predicted molar refractivity (Wildman–Crippen MR) is 155 cm³/mol. The molecule has 0 aliphatic rings. The highest BCUT2D eigenvalue weighted by Crippen LogP contribution is 2.27. The molecule has 0 radical (unpaired) electrons. The maximum Gasteiger partial charge on any atom is 0.211 e. The van der Waals surface area contributed by atoms with Gasteiger partial charge in [0.25, 0.3) is 0 Å². The van der Waals surface area contributed by atoms with E-state index in [-0.39, 0.29) is 5.78 Å². The second-order valence-electron chi connectivity index (χ2n) is 7.44. The van der Waals surface area contributed by atoms with Gasteiger partial charge >= 0.3 is 0 Å². The minimum Gasteiger partial charge on any atom is -0.323 e. The summed E-state index contributed by atoms with van der Waals surface area (Å²) in [6.45, 7) is 14.5. The Morgan fingerprint density at radius 1 is 0.784 bits per heavy atom. The van der Waals surface area contributed by atoms with Crippen LogP contribution in [0.1, 0.15) is 69.0 Å². The Morgan fingerprint density at radius 2 is 1.41 bits per heavy atom. The van der Waals surface area contributed by atoms with Crippen LogP contribution in [0.15, 0.2) is 91.4 Å². The predicted octanol–water partition coefficient (Wildman–Crippen LogP) is 8.16. The number of benzene rings is 3. The van der Waals surface area contributed by atoms with Crippen LogP contribution in [0.25, 0.3) is 22.2 Å². The van der Waals surface area contributed by atoms with E-state index in [1.807, 2.05) is 132 Å². The van der Waals surface area contributed by atoms with Crippen molar-refractivity contribution in [2.24, 2.45) is 0 Å². The van der Waals surface area contributed by atoms with Crippen LogP contribution in [0.5, 0.6) is 0 Å². The van der Waals surface area contributed by atoms with Crippen molar-refractivity contribution in [3.05, 3.63) is 114 Å². The summed E-state index contributed by atoms with van der Waals surface area (Å²) in [5.41, 5.74) is 4.90. The van der Waals surface area contributed by atoms with Gasteiger partial charge in [-0.05, 0) is 30.7 Å². The van der Waals surface area contributed by atoms with E-state index in [9.17, 15) is 4.79 Å². The van der Waals surface area contributed by atoms with Crippen molar-refractivity contribution in [2.45, 2.75) is 55.0 Å². The fourth-order valence-electron chi connectivity index (χ4n) is 3.77. The zero-order valence-electron chi connectivity index (χ0n) is 23.1. The standard InChI is InChI=1S/C26H20N4O.3C2H6/c1-18-28-23-13-12-21(14-22(23)25(29-18)20-10-6-3-7-11-20)26(31)24-15-27-17-30(24)16-19-8-4-2-5-9-19;3*1-2/h2-15,17H,16H2,1H3;3*1-2H3. The molecule has 2 aromatic heterocycles. The molecule has 37 heavy (non-hydrogen) atoms. The van der Waals surface area contributed by atoms with E-state index in [0.717, 1.165) is 27.7 Å². The van der Waals surface area contributed by atoms with Gasteiger partial charge in [0.1, 0.15) is 11.5 Å². The first kappa shape index (κ1) is 29.1. The molecule has 0 N–H and O–H groups in total. The smallest absolute Gasteiger partial charge is 0.211 e. The number of carbonyl (C=O) groups excluding carboxylic acids is 1. The molecule has 3 aromatic carbocycles. The second kappa shape index (κ2) is 15.1. The first-order valence-corrected chi connectivity index (χ1v) is 13.1. The van der Waals surface area contributed by atoms with Crippen LogP contribution in [0.3, 0.4) is 0 Å². The maximum atomic E-state index is 13.4. The van der Waals surface area contributed by atoms with Crippen LogP contribution in [0.2, 0.25) is 0 Å². The first-order chi connectivity index (χ1) is 18.2. The lowest BCUT2D eigenvalue weighted by Gasteiger charge is -2.10. The summed E-state index contributed by atoms with van der Waals surface area (Å²) in [6.07, 6.45) is 3.32. The third kappa shape index (κ3) is 7.20. The molecule has 2 heterocycles. The van der Waals surface area contributed by atoms with Crippen LogP contribution in [0, 0.1) is 6.92 Å². The average Bonchev–Trinajstić information content (AvgIpc) is 3.44. The second-order valence-corrected chi connectivity index (χ2v) is 7.44. The van der Waals surface area contributed by atoms with E-state index in [4.69, 9.17) is 0 Å². The molecule has 0 spiro atoms. The number of nitrogens with zero attached hydrogens (tertiary/aromatic N) is 4. The Kier molecular flexibility index (Phi) is 11.9. The summed E-state index contributed by atoms with van der Waals surface area (Å²) < 4.78 is 1.88. The van der Waals surface area contributed by atoms with Gasteiger partial charge in [0.2, 0.25) is 5.78 Å². The number of aromatic nitrogens is 4. The van der Waals surface area contributed by atoms with Gasteiger partial charge in [-0.1, -0.05) is 102 Å². The Morgan fingerprint density at radius 3 is 2.05 bits per heavy atom. The normalized spacial score (nSPS) is 9.70. The lowest BCUT2D eigenvalue weighted by atomic mass is 10.0. The molecular formula is C32H38N4O. The van der Waals surface area contributed by atoms with E-state index in [0.29, 0.717) is 23.6 Å². The Balaban J connectivity index is 0.000000750. The highest BCUT2D eigenvalue weighted by atomic mass is 16.1. The molecule has 5 rings (SSSR count). The molecule has 0 saturated carbocycles. The molecule has 192 valence electrons. The number of hydrogen-bond donors (Lipinski definition) is 0.